The van der Waals surface area contributed by atoms with Crippen molar-refractivity contribution < 1.29 is 13.6 Å². The average Bonchev–Trinajstić information content (AvgIpc) is 2.89. The first-order valence-electron chi connectivity index (χ1n) is 7.59. The Labute approximate surface area is 123 Å². The Morgan fingerprint density at radius 2 is 1.90 bits per heavy atom. The Morgan fingerprint density at radius 3 is 2.52 bits per heavy atom. The maximum absolute atomic E-state index is 13.7. The molecule has 2 heterocycles. The third-order valence-electron chi connectivity index (χ3n) is 4.52. The lowest BCUT2D eigenvalue weighted by Crippen LogP contribution is -2.45. The van der Waals surface area contributed by atoms with Crippen LogP contribution in [0.3, 0.4) is 0 Å². The highest BCUT2D eigenvalue weighted by molar-refractivity contribution is 5.78. The molecule has 1 aromatic rings. The van der Waals surface area contributed by atoms with Gasteiger partial charge in [0.2, 0.25) is 5.91 Å². The fraction of sp³-hybridized carbons (Fsp3) is 0.562. The molecule has 21 heavy (non-hydrogen) atoms. The molecular weight excluding hydrogens is 274 g/mol. The molecule has 5 heteroatoms. The van der Waals surface area contributed by atoms with Crippen LogP contribution in [-0.2, 0) is 11.3 Å². The van der Waals surface area contributed by atoms with Crippen molar-refractivity contribution in [1.29, 1.82) is 0 Å². The molecule has 2 aliphatic heterocycles. The van der Waals surface area contributed by atoms with Crippen molar-refractivity contribution in [2.45, 2.75) is 38.3 Å². The molecule has 2 aliphatic rings. The highest BCUT2D eigenvalue weighted by atomic mass is 19.1. The number of hydrogen-bond donors (Lipinski definition) is 0. The van der Waals surface area contributed by atoms with E-state index in [4.69, 9.17) is 0 Å². The molecule has 0 saturated carbocycles. The third kappa shape index (κ3) is 3.23. The molecule has 0 unspecified atom stereocenters. The minimum Gasteiger partial charge on any atom is -0.340 e. The lowest BCUT2D eigenvalue weighted by Gasteiger charge is -2.36. The third-order valence-corrected chi connectivity index (χ3v) is 4.52. The van der Waals surface area contributed by atoms with Crippen molar-refractivity contribution in [3.05, 3.63) is 35.4 Å². The quantitative estimate of drug-likeness (QED) is 0.855. The fourth-order valence-electron chi connectivity index (χ4n) is 3.34. The van der Waals surface area contributed by atoms with Crippen LogP contribution in [-0.4, -0.2) is 41.4 Å². The summed E-state index contributed by atoms with van der Waals surface area (Å²) in [4.78, 5) is 15.9. The van der Waals surface area contributed by atoms with Crippen LogP contribution in [0.4, 0.5) is 8.78 Å². The summed E-state index contributed by atoms with van der Waals surface area (Å²) in [5, 5.41) is 0. The van der Waals surface area contributed by atoms with Gasteiger partial charge < -0.3 is 4.90 Å². The molecule has 0 bridgehead atoms. The van der Waals surface area contributed by atoms with E-state index in [9.17, 15) is 13.6 Å². The fourth-order valence-corrected chi connectivity index (χ4v) is 3.34. The Hall–Kier alpha value is -1.49. The van der Waals surface area contributed by atoms with Crippen molar-refractivity contribution in [2.24, 2.45) is 0 Å². The first kappa shape index (κ1) is 14.4. The number of nitrogens with zero attached hydrogens (tertiary/aromatic N) is 2. The van der Waals surface area contributed by atoms with Gasteiger partial charge in [0.25, 0.3) is 0 Å². The molecule has 114 valence electrons. The van der Waals surface area contributed by atoms with E-state index >= 15 is 0 Å². The standard InChI is InChI=1S/C16H20F2N2O/c17-13-4-3-12(15(18)10-13)11-19-8-5-14(6-9-19)20-7-1-2-16(20)21/h3-4,10,14H,1-2,5-9,11H2. The molecule has 3 nitrogen and oxygen atoms in total. The number of hydrogen-bond acceptors (Lipinski definition) is 2. The summed E-state index contributed by atoms with van der Waals surface area (Å²) in [6.45, 7) is 3.10. The number of rotatable bonds is 3. The Kier molecular flexibility index (Phi) is 4.19. The van der Waals surface area contributed by atoms with Crippen LogP contribution in [0, 0.1) is 11.6 Å². The highest BCUT2D eigenvalue weighted by Gasteiger charge is 2.30. The van der Waals surface area contributed by atoms with E-state index in [0.29, 0.717) is 24.6 Å². The van der Waals surface area contributed by atoms with Gasteiger partial charge in [0.15, 0.2) is 0 Å². The van der Waals surface area contributed by atoms with Crippen molar-refractivity contribution in [3.8, 4) is 0 Å². The van der Waals surface area contributed by atoms with Crippen LogP contribution >= 0.6 is 0 Å². The Balaban J connectivity index is 1.55. The van der Waals surface area contributed by atoms with Crippen molar-refractivity contribution in [3.63, 3.8) is 0 Å². The Morgan fingerprint density at radius 1 is 1.14 bits per heavy atom. The number of piperidine rings is 1. The van der Waals surface area contributed by atoms with Crippen LogP contribution in [0.25, 0.3) is 0 Å². The summed E-state index contributed by atoms with van der Waals surface area (Å²) in [6.07, 6.45) is 3.53. The normalized spacial score (nSPS) is 21.2. The molecule has 3 rings (SSSR count). The van der Waals surface area contributed by atoms with Crippen LogP contribution in [0.15, 0.2) is 18.2 Å². The predicted octanol–water partition coefficient (Wildman–Crippen LogP) is 2.55. The van der Waals surface area contributed by atoms with Crippen LogP contribution in [0.1, 0.15) is 31.2 Å². The lowest BCUT2D eigenvalue weighted by atomic mass is 10.0. The minimum absolute atomic E-state index is 0.276. The van der Waals surface area contributed by atoms with Crippen molar-refractivity contribution in [2.75, 3.05) is 19.6 Å². The van der Waals surface area contributed by atoms with Gasteiger partial charge in [0.1, 0.15) is 11.6 Å². The molecule has 0 atom stereocenters. The molecule has 1 aromatic carbocycles. The summed E-state index contributed by atoms with van der Waals surface area (Å²) >= 11 is 0. The monoisotopic (exact) mass is 294 g/mol. The molecular formula is C16H20F2N2O. The smallest absolute Gasteiger partial charge is 0.222 e. The summed E-state index contributed by atoms with van der Waals surface area (Å²) in [6, 6.07) is 4.09. The van der Waals surface area contributed by atoms with E-state index in [2.05, 4.69) is 4.90 Å². The SMILES string of the molecule is O=C1CCCN1C1CCN(Cc2ccc(F)cc2F)CC1. The van der Waals surface area contributed by atoms with Crippen LogP contribution in [0.5, 0.6) is 0 Å². The molecule has 0 aromatic heterocycles. The second kappa shape index (κ2) is 6.10. The second-order valence-corrected chi connectivity index (χ2v) is 5.93. The number of amides is 1. The molecule has 0 spiro atoms. The van der Waals surface area contributed by atoms with E-state index in [0.717, 1.165) is 45.0 Å². The molecule has 2 fully saturated rings. The number of carbonyl (C=O) groups is 1. The van der Waals surface area contributed by atoms with Crippen LogP contribution in [0.2, 0.25) is 0 Å². The Bertz CT molecular complexity index is 527. The number of benzene rings is 1. The molecule has 0 aliphatic carbocycles. The maximum Gasteiger partial charge on any atom is 0.222 e. The van der Waals surface area contributed by atoms with Gasteiger partial charge in [-0.2, -0.15) is 0 Å². The van der Waals surface area contributed by atoms with Crippen LogP contribution < -0.4 is 0 Å². The van der Waals surface area contributed by atoms with E-state index in [-0.39, 0.29) is 5.91 Å². The minimum atomic E-state index is -0.539. The van der Waals surface area contributed by atoms with Gasteiger partial charge in [-0.05, 0) is 25.3 Å². The zero-order valence-electron chi connectivity index (χ0n) is 12.0. The number of carbonyl (C=O) groups excluding carboxylic acids is 1. The molecule has 0 radical (unpaired) electrons. The second-order valence-electron chi connectivity index (χ2n) is 5.93. The topological polar surface area (TPSA) is 23.6 Å². The zero-order chi connectivity index (χ0) is 14.8. The van der Waals surface area contributed by atoms with E-state index < -0.39 is 11.6 Å². The molecule has 2 saturated heterocycles. The van der Waals surface area contributed by atoms with Crippen molar-refractivity contribution in [1.82, 2.24) is 9.80 Å². The summed E-state index contributed by atoms with van der Waals surface area (Å²) in [5.74, 6) is -0.743. The van der Waals surface area contributed by atoms with Gasteiger partial charge in [-0.25, -0.2) is 8.78 Å². The van der Waals surface area contributed by atoms with Gasteiger partial charge in [-0.15, -0.1) is 0 Å². The maximum atomic E-state index is 13.7. The largest absolute Gasteiger partial charge is 0.340 e. The predicted molar refractivity (Wildman–Crippen MR) is 75.6 cm³/mol. The summed E-state index contributed by atoms with van der Waals surface area (Å²) < 4.78 is 26.6. The number of halogens is 2. The summed E-state index contributed by atoms with van der Waals surface area (Å²) in [7, 11) is 0. The molecule has 0 N–H and O–H groups in total. The summed E-state index contributed by atoms with van der Waals surface area (Å²) in [5.41, 5.74) is 0.534. The van der Waals surface area contributed by atoms with E-state index in [1.54, 1.807) is 0 Å². The first-order valence-corrected chi connectivity index (χ1v) is 7.59. The van der Waals surface area contributed by atoms with Crippen molar-refractivity contribution >= 4 is 5.91 Å². The highest BCUT2D eigenvalue weighted by Crippen LogP contribution is 2.23. The van der Waals surface area contributed by atoms with Gasteiger partial charge in [0.05, 0.1) is 0 Å². The molecule has 1 amide bonds. The average molecular weight is 294 g/mol. The lowest BCUT2D eigenvalue weighted by molar-refractivity contribution is -0.130. The van der Waals surface area contributed by atoms with Gasteiger partial charge >= 0.3 is 0 Å². The first-order chi connectivity index (χ1) is 10.1. The van der Waals surface area contributed by atoms with Gasteiger partial charge in [0, 0.05) is 50.3 Å². The number of likely N-dealkylation sites (tertiary alicyclic amines) is 2. The van der Waals surface area contributed by atoms with E-state index in [1.807, 2.05) is 4.90 Å². The van der Waals surface area contributed by atoms with Gasteiger partial charge in [-0.1, -0.05) is 6.07 Å². The van der Waals surface area contributed by atoms with Gasteiger partial charge in [-0.3, -0.25) is 9.69 Å². The van der Waals surface area contributed by atoms with E-state index in [1.165, 1.54) is 12.1 Å². The zero-order valence-corrected chi connectivity index (χ0v) is 12.0.